The second-order valence-corrected chi connectivity index (χ2v) is 9.30. The third-order valence-electron chi connectivity index (χ3n) is 6.64. The molecule has 0 aromatic heterocycles. The lowest BCUT2D eigenvalue weighted by atomic mass is 9.92. The Hall–Kier alpha value is -3.08. The predicted octanol–water partition coefficient (Wildman–Crippen LogP) is 5.75. The summed E-state index contributed by atoms with van der Waals surface area (Å²) in [7, 11) is 0. The Balaban J connectivity index is 1.79. The SMILES string of the molecule is CCCCCN1C(=O)C(=O)/C(=C(\O)c2ccc3c(c2)CCCO3)C1c1ccc(C(C)C)cc1. The molecule has 2 heterocycles. The average molecular weight is 448 g/mol. The number of likely N-dealkylation sites (tertiary alicyclic amines) is 1. The van der Waals surface area contributed by atoms with E-state index in [9.17, 15) is 14.7 Å². The van der Waals surface area contributed by atoms with Crippen molar-refractivity contribution in [3.63, 3.8) is 0 Å². The van der Waals surface area contributed by atoms with Gasteiger partial charge in [0, 0.05) is 12.1 Å². The lowest BCUT2D eigenvalue weighted by Gasteiger charge is -2.26. The summed E-state index contributed by atoms with van der Waals surface area (Å²) in [4.78, 5) is 27.9. The van der Waals surface area contributed by atoms with Gasteiger partial charge in [0.2, 0.25) is 0 Å². The lowest BCUT2D eigenvalue weighted by molar-refractivity contribution is -0.139. The smallest absolute Gasteiger partial charge is 0.295 e. The maximum atomic E-state index is 13.2. The molecule has 4 rings (SSSR count). The summed E-state index contributed by atoms with van der Waals surface area (Å²) >= 11 is 0. The summed E-state index contributed by atoms with van der Waals surface area (Å²) in [6.45, 7) is 7.55. The van der Waals surface area contributed by atoms with Crippen molar-refractivity contribution in [3.05, 3.63) is 70.3 Å². The fraction of sp³-hybridized carbons (Fsp3) is 0.429. The number of rotatable bonds is 7. The van der Waals surface area contributed by atoms with Crippen LogP contribution in [-0.4, -0.2) is 34.8 Å². The number of amides is 1. The number of hydrogen-bond donors (Lipinski definition) is 1. The molecule has 0 aliphatic carbocycles. The zero-order chi connectivity index (χ0) is 23.5. The van der Waals surface area contributed by atoms with Gasteiger partial charge in [0.05, 0.1) is 18.2 Å². The second kappa shape index (κ2) is 9.82. The number of benzene rings is 2. The van der Waals surface area contributed by atoms with Gasteiger partial charge in [-0.05, 0) is 60.1 Å². The van der Waals surface area contributed by atoms with Crippen LogP contribution in [0.1, 0.15) is 80.7 Å². The summed E-state index contributed by atoms with van der Waals surface area (Å²) in [5.74, 6) is -0.0632. The van der Waals surface area contributed by atoms with Gasteiger partial charge in [0.25, 0.3) is 11.7 Å². The molecule has 2 aliphatic rings. The maximum absolute atomic E-state index is 13.2. The molecule has 0 spiro atoms. The highest BCUT2D eigenvalue weighted by Gasteiger charge is 2.45. The lowest BCUT2D eigenvalue weighted by Crippen LogP contribution is -2.30. The Kier molecular flexibility index (Phi) is 6.87. The quantitative estimate of drug-likeness (QED) is 0.254. The summed E-state index contributed by atoms with van der Waals surface area (Å²) in [5, 5.41) is 11.3. The molecule has 0 bridgehead atoms. The Bertz CT molecular complexity index is 1070. The molecular formula is C28H33NO4. The first-order chi connectivity index (χ1) is 15.9. The predicted molar refractivity (Wildman–Crippen MR) is 129 cm³/mol. The van der Waals surface area contributed by atoms with E-state index in [0.29, 0.717) is 24.6 Å². The first kappa shape index (κ1) is 23.1. The summed E-state index contributed by atoms with van der Waals surface area (Å²) < 4.78 is 5.69. The molecule has 1 N–H and O–H groups in total. The number of aliphatic hydroxyl groups is 1. The number of ether oxygens (including phenoxy) is 1. The summed E-state index contributed by atoms with van der Waals surface area (Å²) in [6, 6.07) is 12.9. The first-order valence-electron chi connectivity index (χ1n) is 12.1. The van der Waals surface area contributed by atoms with E-state index in [-0.39, 0.29) is 11.3 Å². The van der Waals surface area contributed by atoms with Crippen LogP contribution < -0.4 is 4.74 Å². The molecular weight excluding hydrogens is 414 g/mol. The number of aryl methyl sites for hydroxylation is 1. The van der Waals surface area contributed by atoms with Crippen LogP contribution in [0.2, 0.25) is 0 Å². The van der Waals surface area contributed by atoms with Crippen LogP contribution in [0.5, 0.6) is 5.75 Å². The number of Topliss-reactive ketones (excluding diaryl/α,β-unsaturated/α-hetero) is 1. The normalized spacial score (nSPS) is 19.6. The van der Waals surface area contributed by atoms with Gasteiger partial charge in [-0.15, -0.1) is 0 Å². The van der Waals surface area contributed by atoms with Gasteiger partial charge in [0.1, 0.15) is 11.5 Å². The molecule has 1 unspecified atom stereocenters. The Morgan fingerprint density at radius 3 is 2.58 bits per heavy atom. The first-order valence-corrected chi connectivity index (χ1v) is 12.1. The minimum absolute atomic E-state index is 0.113. The highest BCUT2D eigenvalue weighted by Crippen LogP contribution is 2.40. The van der Waals surface area contributed by atoms with E-state index in [1.165, 1.54) is 5.56 Å². The van der Waals surface area contributed by atoms with E-state index < -0.39 is 17.7 Å². The van der Waals surface area contributed by atoms with Crippen LogP contribution in [0.15, 0.2) is 48.0 Å². The molecule has 1 amide bonds. The van der Waals surface area contributed by atoms with Crippen LogP contribution in [0.3, 0.4) is 0 Å². The summed E-state index contributed by atoms with van der Waals surface area (Å²) in [5.41, 5.74) is 3.77. The number of carbonyl (C=O) groups excluding carboxylic acids is 2. The molecule has 174 valence electrons. The highest BCUT2D eigenvalue weighted by molar-refractivity contribution is 6.46. The standard InChI is InChI=1S/C28H33NO4/c1-4-5-6-15-29-25(20-11-9-19(10-12-20)18(2)3)24(27(31)28(29)32)26(30)22-13-14-23-21(17-22)8-7-16-33-23/h9-14,17-18,25,30H,4-8,15-16H2,1-3H3/b26-24-. The molecule has 33 heavy (non-hydrogen) atoms. The zero-order valence-corrected chi connectivity index (χ0v) is 19.8. The third-order valence-corrected chi connectivity index (χ3v) is 6.64. The number of fused-ring (bicyclic) bond motifs is 1. The van der Waals surface area contributed by atoms with E-state index in [1.54, 1.807) is 11.0 Å². The number of ketones is 1. The topological polar surface area (TPSA) is 66.8 Å². The van der Waals surface area contributed by atoms with Gasteiger partial charge < -0.3 is 14.7 Å². The highest BCUT2D eigenvalue weighted by atomic mass is 16.5. The molecule has 5 heteroatoms. The van der Waals surface area contributed by atoms with E-state index in [1.807, 2.05) is 36.4 Å². The van der Waals surface area contributed by atoms with Crippen LogP contribution in [0.25, 0.3) is 5.76 Å². The molecule has 0 radical (unpaired) electrons. The van der Waals surface area contributed by atoms with Crippen molar-refractivity contribution in [3.8, 4) is 5.75 Å². The minimum atomic E-state index is -0.615. The van der Waals surface area contributed by atoms with Crippen molar-refractivity contribution >= 4 is 17.4 Å². The Labute approximate surface area is 196 Å². The van der Waals surface area contributed by atoms with Crippen LogP contribution in [-0.2, 0) is 16.0 Å². The van der Waals surface area contributed by atoms with E-state index in [4.69, 9.17) is 4.74 Å². The van der Waals surface area contributed by atoms with Gasteiger partial charge in [-0.3, -0.25) is 9.59 Å². The van der Waals surface area contributed by atoms with E-state index >= 15 is 0 Å². The summed E-state index contributed by atoms with van der Waals surface area (Å²) in [6.07, 6.45) is 4.60. The van der Waals surface area contributed by atoms with Crippen molar-refractivity contribution in [2.45, 2.75) is 64.8 Å². The largest absolute Gasteiger partial charge is 0.507 e. The average Bonchev–Trinajstić information content (AvgIpc) is 3.08. The van der Waals surface area contributed by atoms with E-state index in [2.05, 4.69) is 20.8 Å². The molecule has 1 saturated heterocycles. The maximum Gasteiger partial charge on any atom is 0.295 e. The van der Waals surface area contributed by atoms with Crippen LogP contribution >= 0.6 is 0 Å². The number of hydrogen-bond acceptors (Lipinski definition) is 4. The number of carbonyl (C=O) groups is 2. The van der Waals surface area contributed by atoms with Gasteiger partial charge in [0.15, 0.2) is 0 Å². The fourth-order valence-corrected chi connectivity index (χ4v) is 4.72. The molecule has 5 nitrogen and oxygen atoms in total. The van der Waals surface area contributed by atoms with Crippen LogP contribution in [0, 0.1) is 0 Å². The fourth-order valence-electron chi connectivity index (χ4n) is 4.72. The minimum Gasteiger partial charge on any atom is -0.507 e. The molecule has 1 atom stereocenters. The molecule has 2 aromatic carbocycles. The van der Waals surface area contributed by atoms with Gasteiger partial charge >= 0.3 is 0 Å². The number of unbranched alkanes of at least 4 members (excludes halogenated alkanes) is 2. The Morgan fingerprint density at radius 1 is 1.12 bits per heavy atom. The molecule has 2 aromatic rings. The third kappa shape index (κ3) is 4.54. The second-order valence-electron chi connectivity index (χ2n) is 9.30. The monoisotopic (exact) mass is 447 g/mol. The number of aliphatic hydroxyl groups excluding tert-OH is 1. The van der Waals surface area contributed by atoms with Gasteiger partial charge in [-0.25, -0.2) is 0 Å². The Morgan fingerprint density at radius 2 is 1.88 bits per heavy atom. The van der Waals surface area contributed by atoms with Gasteiger partial charge in [-0.2, -0.15) is 0 Å². The molecule has 1 fully saturated rings. The van der Waals surface area contributed by atoms with Crippen molar-refractivity contribution in [1.82, 2.24) is 4.90 Å². The van der Waals surface area contributed by atoms with E-state index in [0.717, 1.165) is 49.0 Å². The number of nitrogens with zero attached hydrogens (tertiary/aromatic N) is 1. The van der Waals surface area contributed by atoms with Crippen molar-refractivity contribution in [1.29, 1.82) is 0 Å². The molecule has 2 aliphatic heterocycles. The van der Waals surface area contributed by atoms with Crippen molar-refractivity contribution in [2.24, 2.45) is 0 Å². The molecule has 0 saturated carbocycles. The van der Waals surface area contributed by atoms with Crippen LogP contribution in [0.4, 0.5) is 0 Å². The van der Waals surface area contributed by atoms with Gasteiger partial charge in [-0.1, -0.05) is 57.9 Å². The van der Waals surface area contributed by atoms with Crippen molar-refractivity contribution < 1.29 is 19.4 Å². The zero-order valence-electron chi connectivity index (χ0n) is 19.8. The van der Waals surface area contributed by atoms with Crippen molar-refractivity contribution in [2.75, 3.05) is 13.2 Å².